The third-order valence-electron chi connectivity index (χ3n) is 6.95. The van der Waals surface area contributed by atoms with E-state index in [-0.39, 0.29) is 16.8 Å². The van der Waals surface area contributed by atoms with E-state index in [1.165, 1.54) is 12.0 Å². The van der Waals surface area contributed by atoms with Crippen molar-refractivity contribution in [3.05, 3.63) is 92.3 Å². The van der Waals surface area contributed by atoms with Gasteiger partial charge in [-0.2, -0.15) is 0 Å². The van der Waals surface area contributed by atoms with Gasteiger partial charge in [-0.3, -0.25) is 14.5 Å². The molecule has 1 aliphatic heterocycles. The molecule has 0 N–H and O–H groups in total. The lowest BCUT2D eigenvalue weighted by Crippen LogP contribution is -2.29. The number of halogens is 1. The Morgan fingerprint density at radius 2 is 1.69 bits per heavy atom. The highest BCUT2D eigenvalue weighted by Gasteiger charge is 2.44. The fourth-order valence-electron chi connectivity index (χ4n) is 4.98. The Morgan fingerprint density at radius 3 is 2.41 bits per heavy atom. The predicted octanol–water partition coefficient (Wildman–Crippen LogP) is 7.09. The Kier molecular flexibility index (Phi) is 7.53. The zero-order valence-electron chi connectivity index (χ0n) is 22.4. The lowest BCUT2D eigenvalue weighted by Gasteiger charge is -2.26. The average molecular weight is 548 g/mol. The van der Waals surface area contributed by atoms with Gasteiger partial charge < -0.3 is 18.6 Å². The summed E-state index contributed by atoms with van der Waals surface area (Å²) in [6.45, 7) is 4.61. The van der Waals surface area contributed by atoms with Gasteiger partial charge in [-0.25, -0.2) is 0 Å². The molecule has 0 aliphatic carbocycles. The molecule has 0 spiro atoms. The number of benzene rings is 3. The maximum absolute atomic E-state index is 13.9. The highest BCUT2D eigenvalue weighted by Crippen LogP contribution is 2.44. The summed E-state index contributed by atoms with van der Waals surface area (Å²) in [7, 11) is 3.09. The Hall–Kier alpha value is -3.97. The van der Waals surface area contributed by atoms with E-state index in [9.17, 15) is 9.59 Å². The molecular weight excluding hydrogens is 518 g/mol. The highest BCUT2D eigenvalue weighted by molar-refractivity contribution is 6.32. The molecule has 39 heavy (non-hydrogen) atoms. The van der Waals surface area contributed by atoms with Crippen LogP contribution in [-0.2, 0) is 0 Å². The summed E-state index contributed by atoms with van der Waals surface area (Å²) in [5.41, 5.74) is 2.46. The lowest BCUT2D eigenvalue weighted by molar-refractivity contribution is 0.0971. The molecule has 1 atom stereocenters. The summed E-state index contributed by atoms with van der Waals surface area (Å²) in [6.07, 6.45) is 3.10. The van der Waals surface area contributed by atoms with Crippen LogP contribution in [0.1, 0.15) is 59.5 Å². The largest absolute Gasteiger partial charge is 0.495 e. The van der Waals surface area contributed by atoms with E-state index in [4.69, 9.17) is 30.2 Å². The maximum atomic E-state index is 13.9. The van der Waals surface area contributed by atoms with Crippen LogP contribution in [0, 0.1) is 6.92 Å². The number of rotatable bonds is 9. The molecular formula is C31H30ClNO6. The summed E-state index contributed by atoms with van der Waals surface area (Å²) in [4.78, 5) is 29.4. The van der Waals surface area contributed by atoms with Crippen molar-refractivity contribution in [3.8, 4) is 17.2 Å². The molecule has 202 valence electrons. The molecule has 1 unspecified atom stereocenters. The van der Waals surface area contributed by atoms with E-state index >= 15 is 0 Å². The molecule has 0 saturated heterocycles. The van der Waals surface area contributed by atoms with Gasteiger partial charge in [0.05, 0.1) is 42.8 Å². The number of nitrogens with zero attached hydrogens (tertiary/aromatic N) is 1. The molecule has 4 aromatic rings. The van der Waals surface area contributed by atoms with Gasteiger partial charge in [-0.05, 0) is 61.4 Å². The minimum Gasteiger partial charge on any atom is -0.495 e. The van der Waals surface area contributed by atoms with Crippen molar-refractivity contribution in [2.24, 2.45) is 0 Å². The monoisotopic (exact) mass is 547 g/mol. The zero-order valence-corrected chi connectivity index (χ0v) is 23.1. The van der Waals surface area contributed by atoms with E-state index in [2.05, 4.69) is 6.92 Å². The molecule has 0 bridgehead atoms. The molecule has 0 fully saturated rings. The molecule has 1 aromatic heterocycles. The lowest BCUT2D eigenvalue weighted by atomic mass is 9.97. The van der Waals surface area contributed by atoms with E-state index < -0.39 is 11.9 Å². The molecule has 3 aromatic carbocycles. The topological polar surface area (TPSA) is 78.2 Å². The number of anilines is 1. The van der Waals surface area contributed by atoms with Crippen molar-refractivity contribution in [2.75, 3.05) is 25.7 Å². The third kappa shape index (κ3) is 4.83. The Balaban J connectivity index is 1.68. The fourth-order valence-corrected chi connectivity index (χ4v) is 5.23. The number of hydrogen-bond donors (Lipinski definition) is 0. The van der Waals surface area contributed by atoms with E-state index in [0.29, 0.717) is 51.1 Å². The number of fused-ring (bicyclic) bond motifs is 2. The second kappa shape index (κ2) is 11.0. The molecule has 1 amide bonds. The summed E-state index contributed by atoms with van der Waals surface area (Å²) < 4.78 is 23.0. The van der Waals surface area contributed by atoms with Crippen LogP contribution in [0.4, 0.5) is 5.69 Å². The fraction of sp³-hybridized carbons (Fsp3) is 0.290. The molecule has 0 radical (unpaired) electrons. The van der Waals surface area contributed by atoms with Crippen LogP contribution in [0.2, 0.25) is 5.02 Å². The van der Waals surface area contributed by atoms with Crippen molar-refractivity contribution >= 4 is 34.2 Å². The van der Waals surface area contributed by atoms with Gasteiger partial charge in [0.1, 0.15) is 11.3 Å². The molecule has 2 heterocycles. The van der Waals surface area contributed by atoms with Crippen molar-refractivity contribution in [3.63, 3.8) is 0 Å². The Morgan fingerprint density at radius 1 is 0.923 bits per heavy atom. The van der Waals surface area contributed by atoms with Crippen LogP contribution >= 0.6 is 11.6 Å². The van der Waals surface area contributed by atoms with Gasteiger partial charge in [0.25, 0.3) is 5.91 Å². The van der Waals surface area contributed by atoms with Crippen LogP contribution in [0.5, 0.6) is 17.2 Å². The van der Waals surface area contributed by atoms with E-state index in [1.54, 1.807) is 43.5 Å². The first kappa shape index (κ1) is 26.6. The number of methoxy groups -OCH3 is 2. The smallest absolute Gasteiger partial charge is 0.295 e. The van der Waals surface area contributed by atoms with Gasteiger partial charge in [0.2, 0.25) is 5.76 Å². The number of hydrogen-bond acceptors (Lipinski definition) is 6. The molecule has 1 aliphatic rings. The van der Waals surface area contributed by atoms with Crippen molar-refractivity contribution < 1.29 is 23.4 Å². The van der Waals surface area contributed by atoms with Crippen LogP contribution in [-0.4, -0.2) is 26.7 Å². The van der Waals surface area contributed by atoms with Gasteiger partial charge >= 0.3 is 0 Å². The number of aryl methyl sites for hydroxylation is 1. The normalized spacial score (nSPS) is 14.5. The quantitative estimate of drug-likeness (QED) is 0.208. The average Bonchev–Trinajstić information content (AvgIpc) is 3.23. The predicted molar refractivity (Wildman–Crippen MR) is 152 cm³/mol. The molecule has 8 heteroatoms. The van der Waals surface area contributed by atoms with Gasteiger partial charge in [-0.1, -0.05) is 49.1 Å². The molecule has 7 nitrogen and oxygen atoms in total. The van der Waals surface area contributed by atoms with Gasteiger partial charge in [-0.15, -0.1) is 0 Å². The van der Waals surface area contributed by atoms with Crippen LogP contribution in [0.3, 0.4) is 0 Å². The summed E-state index contributed by atoms with van der Waals surface area (Å²) in [5, 5.41) is 0.759. The first-order valence-electron chi connectivity index (χ1n) is 12.9. The van der Waals surface area contributed by atoms with Crippen molar-refractivity contribution in [1.29, 1.82) is 0 Å². The zero-order chi connectivity index (χ0) is 27.7. The highest BCUT2D eigenvalue weighted by atomic mass is 35.5. The summed E-state index contributed by atoms with van der Waals surface area (Å²) in [6, 6.07) is 15.1. The number of carbonyl (C=O) groups excluding carboxylic acids is 1. The Bertz CT molecular complexity index is 1610. The second-order valence-electron chi connectivity index (χ2n) is 9.54. The number of unbranched alkanes of at least 4 members (excludes halogenated alkanes) is 2. The number of ether oxygens (including phenoxy) is 3. The minimum atomic E-state index is -0.777. The van der Waals surface area contributed by atoms with Crippen LogP contribution < -0.4 is 24.5 Å². The second-order valence-corrected chi connectivity index (χ2v) is 9.94. The maximum Gasteiger partial charge on any atom is 0.295 e. The van der Waals surface area contributed by atoms with Crippen LogP contribution in [0.25, 0.3) is 11.0 Å². The summed E-state index contributed by atoms with van der Waals surface area (Å²) >= 11 is 6.45. The van der Waals surface area contributed by atoms with Gasteiger partial charge in [0.15, 0.2) is 16.9 Å². The van der Waals surface area contributed by atoms with E-state index in [0.717, 1.165) is 24.8 Å². The first-order valence-corrected chi connectivity index (χ1v) is 13.3. The van der Waals surface area contributed by atoms with E-state index in [1.807, 2.05) is 25.1 Å². The number of carbonyl (C=O) groups is 1. The van der Waals surface area contributed by atoms with Crippen LogP contribution in [0.15, 0.2) is 63.8 Å². The van der Waals surface area contributed by atoms with Gasteiger partial charge in [0, 0.05) is 5.69 Å². The molecule has 5 rings (SSSR count). The molecule has 0 saturated carbocycles. The van der Waals surface area contributed by atoms with Crippen molar-refractivity contribution in [1.82, 2.24) is 0 Å². The van der Waals surface area contributed by atoms with Crippen molar-refractivity contribution in [2.45, 2.75) is 39.2 Å². The minimum absolute atomic E-state index is 0.00662. The first-order chi connectivity index (χ1) is 18.9. The standard InChI is InChI=1S/C31H30ClNO6/c1-5-6-7-14-38-25-12-9-19(16-26(25)37-4)28-27-29(34)21-15-18(2)8-11-23(21)39-30(27)31(35)33(28)20-10-13-24(36-3)22(32)17-20/h8-13,15-17,28H,5-7,14H2,1-4H3. The third-order valence-corrected chi connectivity index (χ3v) is 7.24. The Labute approximate surface area is 231 Å². The summed E-state index contributed by atoms with van der Waals surface area (Å²) in [5.74, 6) is 1.16. The SMILES string of the molecule is CCCCCOc1ccc(C2c3c(oc4ccc(C)cc4c3=O)C(=O)N2c2ccc(OC)c(Cl)c2)cc1OC. The number of amides is 1.